The fourth-order valence-electron chi connectivity index (χ4n) is 2.76. The number of nitrogens with zero attached hydrogens (tertiary/aromatic N) is 4. The summed E-state index contributed by atoms with van der Waals surface area (Å²) in [6.07, 6.45) is 3.39. The van der Waals surface area contributed by atoms with Gasteiger partial charge in [-0.1, -0.05) is 41.6 Å². The molecule has 2 heterocycles. The highest BCUT2D eigenvalue weighted by molar-refractivity contribution is 7.99. The van der Waals surface area contributed by atoms with Gasteiger partial charge in [0, 0.05) is 29.3 Å². The molecule has 0 atom stereocenters. The molecule has 0 saturated carbocycles. The minimum atomic E-state index is -0.591. The van der Waals surface area contributed by atoms with Crippen LogP contribution in [0, 0.1) is 5.82 Å². The predicted molar refractivity (Wildman–Crippen MR) is 115 cm³/mol. The number of para-hydroxylation sites is 1. The largest absolute Gasteiger partial charge is 0.325 e. The van der Waals surface area contributed by atoms with Gasteiger partial charge >= 0.3 is 0 Å². The second kappa shape index (κ2) is 9.06. The van der Waals surface area contributed by atoms with Gasteiger partial charge < -0.3 is 5.32 Å². The van der Waals surface area contributed by atoms with E-state index in [9.17, 15) is 9.18 Å². The minimum Gasteiger partial charge on any atom is -0.325 e. The molecule has 0 unspecified atom stereocenters. The number of thioether (sulfide) groups is 1. The molecule has 0 spiro atoms. The van der Waals surface area contributed by atoms with Crippen molar-refractivity contribution in [1.82, 2.24) is 19.7 Å². The van der Waals surface area contributed by atoms with Crippen LogP contribution in [-0.2, 0) is 4.79 Å². The first-order valence-electron chi connectivity index (χ1n) is 8.91. The number of carbonyl (C=O) groups is 1. The quantitative estimate of drug-likeness (QED) is 0.435. The Morgan fingerprint density at radius 2 is 1.93 bits per heavy atom. The Morgan fingerprint density at radius 1 is 1.10 bits per heavy atom. The predicted octanol–water partition coefficient (Wildman–Crippen LogP) is 4.85. The number of carbonyl (C=O) groups excluding carboxylic acids is 1. The van der Waals surface area contributed by atoms with Gasteiger partial charge in [-0.3, -0.25) is 14.3 Å². The molecule has 150 valence electrons. The van der Waals surface area contributed by atoms with E-state index in [2.05, 4.69) is 20.5 Å². The summed E-state index contributed by atoms with van der Waals surface area (Å²) in [5, 5.41) is 11.8. The minimum absolute atomic E-state index is 0.00117. The van der Waals surface area contributed by atoms with Gasteiger partial charge in [0.05, 0.1) is 10.8 Å². The van der Waals surface area contributed by atoms with Crippen LogP contribution in [0.15, 0.2) is 78.2 Å². The van der Waals surface area contributed by atoms with Crippen LogP contribution in [-0.4, -0.2) is 31.4 Å². The van der Waals surface area contributed by atoms with Crippen LogP contribution in [0.2, 0.25) is 5.02 Å². The van der Waals surface area contributed by atoms with Gasteiger partial charge in [-0.2, -0.15) is 0 Å². The summed E-state index contributed by atoms with van der Waals surface area (Å²) in [6.45, 7) is 0. The molecule has 6 nitrogen and oxygen atoms in total. The van der Waals surface area contributed by atoms with Crippen molar-refractivity contribution in [2.45, 2.75) is 5.16 Å². The van der Waals surface area contributed by atoms with Crippen LogP contribution < -0.4 is 5.32 Å². The zero-order valence-electron chi connectivity index (χ0n) is 15.5. The fourth-order valence-corrected chi connectivity index (χ4v) is 3.63. The van der Waals surface area contributed by atoms with Crippen molar-refractivity contribution in [2.75, 3.05) is 11.1 Å². The van der Waals surface area contributed by atoms with Crippen LogP contribution in [0.1, 0.15) is 0 Å². The highest BCUT2D eigenvalue weighted by Gasteiger charge is 2.17. The topological polar surface area (TPSA) is 72.7 Å². The molecule has 1 amide bonds. The zero-order valence-corrected chi connectivity index (χ0v) is 17.1. The van der Waals surface area contributed by atoms with Crippen molar-refractivity contribution in [3.63, 3.8) is 0 Å². The SMILES string of the molecule is O=C(CSc1nnc(-c2cccnc2)n1-c1ccccc1)Nc1ccc(Cl)c(F)c1. The molecular formula is C21H15ClFN5OS. The Hall–Kier alpha value is -3.23. The molecule has 1 N–H and O–H groups in total. The summed E-state index contributed by atoms with van der Waals surface area (Å²) < 4.78 is 15.4. The van der Waals surface area contributed by atoms with Crippen molar-refractivity contribution >= 4 is 35.0 Å². The highest BCUT2D eigenvalue weighted by Crippen LogP contribution is 2.27. The second-order valence-electron chi connectivity index (χ2n) is 6.18. The van der Waals surface area contributed by atoms with Crippen molar-refractivity contribution in [2.24, 2.45) is 0 Å². The molecule has 0 aliphatic heterocycles. The Bertz CT molecular complexity index is 1170. The lowest BCUT2D eigenvalue weighted by atomic mass is 10.2. The molecule has 2 aromatic heterocycles. The molecule has 4 aromatic rings. The van der Waals surface area contributed by atoms with E-state index in [1.807, 2.05) is 47.0 Å². The van der Waals surface area contributed by atoms with Gasteiger partial charge in [0.2, 0.25) is 5.91 Å². The maximum absolute atomic E-state index is 13.6. The third kappa shape index (κ3) is 4.50. The number of halogens is 2. The molecule has 9 heteroatoms. The number of pyridine rings is 1. The van der Waals surface area contributed by atoms with E-state index in [1.54, 1.807) is 18.5 Å². The molecular weight excluding hydrogens is 425 g/mol. The van der Waals surface area contributed by atoms with Crippen molar-refractivity contribution in [3.8, 4) is 17.1 Å². The van der Waals surface area contributed by atoms with Crippen molar-refractivity contribution in [3.05, 3.63) is 83.9 Å². The standard InChI is InChI=1S/C21H15ClFN5OS/c22-17-9-8-15(11-18(17)23)25-19(29)13-30-21-27-26-20(14-5-4-10-24-12-14)28(21)16-6-2-1-3-7-16/h1-12H,13H2,(H,25,29). The maximum atomic E-state index is 13.6. The summed E-state index contributed by atoms with van der Waals surface area (Å²) in [5.41, 5.74) is 2.01. The van der Waals surface area contributed by atoms with Gasteiger partial charge in [-0.05, 0) is 42.5 Å². The van der Waals surface area contributed by atoms with Gasteiger partial charge in [0.15, 0.2) is 11.0 Å². The van der Waals surface area contributed by atoms with Crippen LogP contribution in [0.25, 0.3) is 17.1 Å². The molecule has 0 saturated heterocycles. The summed E-state index contributed by atoms with van der Waals surface area (Å²) in [7, 11) is 0. The molecule has 30 heavy (non-hydrogen) atoms. The van der Waals surface area contributed by atoms with Crippen molar-refractivity contribution < 1.29 is 9.18 Å². The number of rotatable bonds is 6. The molecule has 0 bridgehead atoms. The lowest BCUT2D eigenvalue weighted by Crippen LogP contribution is -2.14. The number of hydrogen-bond donors (Lipinski definition) is 1. The van der Waals surface area contributed by atoms with Crippen LogP contribution in [0.4, 0.5) is 10.1 Å². The lowest BCUT2D eigenvalue weighted by Gasteiger charge is -2.10. The summed E-state index contributed by atoms with van der Waals surface area (Å²) in [6, 6.07) is 17.5. The van der Waals surface area contributed by atoms with Crippen LogP contribution >= 0.6 is 23.4 Å². The fraction of sp³-hybridized carbons (Fsp3) is 0.0476. The van der Waals surface area contributed by atoms with E-state index in [0.29, 0.717) is 16.7 Å². The Balaban J connectivity index is 1.56. The highest BCUT2D eigenvalue weighted by atomic mass is 35.5. The normalized spacial score (nSPS) is 10.7. The monoisotopic (exact) mass is 439 g/mol. The molecule has 0 aliphatic carbocycles. The average Bonchev–Trinajstić information content (AvgIpc) is 3.20. The second-order valence-corrected chi connectivity index (χ2v) is 7.53. The smallest absolute Gasteiger partial charge is 0.234 e. The van der Waals surface area contributed by atoms with Crippen LogP contribution in [0.3, 0.4) is 0 Å². The Labute approximate surface area is 181 Å². The van der Waals surface area contributed by atoms with Gasteiger partial charge in [0.25, 0.3) is 0 Å². The molecule has 0 fully saturated rings. The number of hydrogen-bond acceptors (Lipinski definition) is 5. The molecule has 0 radical (unpaired) electrons. The summed E-state index contributed by atoms with van der Waals surface area (Å²) >= 11 is 6.90. The lowest BCUT2D eigenvalue weighted by molar-refractivity contribution is -0.113. The molecule has 4 rings (SSSR count). The number of aromatic nitrogens is 4. The third-order valence-corrected chi connectivity index (χ3v) is 5.34. The molecule has 2 aromatic carbocycles. The third-order valence-electron chi connectivity index (χ3n) is 4.10. The number of anilines is 1. The maximum Gasteiger partial charge on any atom is 0.234 e. The Kier molecular flexibility index (Phi) is 6.06. The van der Waals surface area contributed by atoms with Crippen molar-refractivity contribution in [1.29, 1.82) is 0 Å². The first-order valence-corrected chi connectivity index (χ1v) is 10.3. The number of nitrogens with one attached hydrogen (secondary N) is 1. The zero-order chi connectivity index (χ0) is 20.9. The van der Waals surface area contributed by atoms with E-state index in [0.717, 1.165) is 11.3 Å². The molecule has 0 aliphatic rings. The van der Waals surface area contributed by atoms with Gasteiger partial charge in [-0.25, -0.2) is 4.39 Å². The van der Waals surface area contributed by atoms with E-state index in [1.165, 1.54) is 23.9 Å². The summed E-state index contributed by atoms with van der Waals surface area (Å²) in [4.78, 5) is 16.5. The van der Waals surface area contributed by atoms with E-state index < -0.39 is 5.82 Å². The Morgan fingerprint density at radius 3 is 2.67 bits per heavy atom. The first-order chi connectivity index (χ1) is 14.6. The van der Waals surface area contributed by atoms with Crippen LogP contribution in [0.5, 0.6) is 0 Å². The van der Waals surface area contributed by atoms with Gasteiger partial charge in [0.1, 0.15) is 5.82 Å². The van der Waals surface area contributed by atoms with Gasteiger partial charge in [-0.15, -0.1) is 10.2 Å². The van der Waals surface area contributed by atoms with E-state index >= 15 is 0 Å². The number of benzene rings is 2. The number of amides is 1. The first kappa shape index (κ1) is 20.1. The average molecular weight is 440 g/mol. The van der Waals surface area contributed by atoms with E-state index in [-0.39, 0.29) is 16.7 Å². The summed E-state index contributed by atoms with van der Waals surface area (Å²) in [5.74, 6) is -0.196. The van der Waals surface area contributed by atoms with E-state index in [4.69, 9.17) is 11.6 Å².